The van der Waals surface area contributed by atoms with E-state index in [1.54, 1.807) is 0 Å². The van der Waals surface area contributed by atoms with Gasteiger partial charge < -0.3 is 10.1 Å². The SMILES string of the molecule is CC1CC=c2ccccc2=C1c1csc(NC(=O)C2(C)CC3(CN4CCOCC4)c4ccccc4C2c2ccccc23)n1. The number of morpholine rings is 1. The number of aromatic nitrogens is 1. The lowest BCUT2D eigenvalue weighted by Crippen LogP contribution is -2.58. The molecule has 43 heavy (non-hydrogen) atoms. The van der Waals surface area contributed by atoms with E-state index in [9.17, 15) is 4.79 Å². The molecule has 0 saturated carbocycles. The number of amides is 1. The van der Waals surface area contributed by atoms with Crippen molar-refractivity contribution in [2.24, 2.45) is 11.3 Å². The van der Waals surface area contributed by atoms with Gasteiger partial charge in [-0.3, -0.25) is 9.69 Å². The van der Waals surface area contributed by atoms with Gasteiger partial charge in [-0.25, -0.2) is 4.98 Å². The van der Waals surface area contributed by atoms with Gasteiger partial charge in [-0.05, 0) is 63.9 Å². The maximum Gasteiger partial charge on any atom is 0.233 e. The van der Waals surface area contributed by atoms with Gasteiger partial charge in [-0.15, -0.1) is 11.3 Å². The molecule has 1 saturated heterocycles. The molecule has 0 radical (unpaired) electrons. The van der Waals surface area contributed by atoms with Gasteiger partial charge in [-0.2, -0.15) is 0 Å². The van der Waals surface area contributed by atoms with E-state index in [1.165, 1.54) is 49.6 Å². The van der Waals surface area contributed by atoms with Gasteiger partial charge in [0, 0.05) is 36.3 Å². The first-order valence-electron chi connectivity index (χ1n) is 15.5. The number of rotatable bonds is 5. The van der Waals surface area contributed by atoms with Gasteiger partial charge >= 0.3 is 0 Å². The number of fused-ring (bicyclic) bond motifs is 2. The molecule has 9 rings (SSSR count). The van der Waals surface area contributed by atoms with E-state index in [0.29, 0.717) is 11.0 Å². The average Bonchev–Trinajstić information content (AvgIpc) is 3.49. The van der Waals surface area contributed by atoms with Crippen molar-refractivity contribution in [3.05, 3.63) is 117 Å². The van der Waals surface area contributed by atoms with Crippen molar-refractivity contribution in [3.63, 3.8) is 0 Å². The molecule has 2 atom stereocenters. The minimum atomic E-state index is -0.631. The zero-order valence-corrected chi connectivity index (χ0v) is 25.6. The third kappa shape index (κ3) is 4.18. The van der Waals surface area contributed by atoms with E-state index in [0.717, 1.165) is 51.4 Å². The summed E-state index contributed by atoms with van der Waals surface area (Å²) in [6, 6.07) is 26.3. The van der Waals surface area contributed by atoms with E-state index < -0.39 is 5.41 Å². The van der Waals surface area contributed by atoms with E-state index in [-0.39, 0.29) is 17.2 Å². The van der Waals surface area contributed by atoms with E-state index in [1.807, 2.05) is 0 Å². The zero-order valence-electron chi connectivity index (χ0n) is 24.8. The second-order valence-electron chi connectivity index (χ2n) is 13.0. The molecule has 2 bridgehead atoms. The fraction of sp³-hybridized carbons (Fsp3) is 0.351. The quantitative estimate of drug-likeness (QED) is 0.346. The molecule has 1 fully saturated rings. The molecule has 1 N–H and O–H groups in total. The molecule has 4 aromatic rings. The lowest BCUT2D eigenvalue weighted by molar-refractivity contribution is -0.128. The molecule has 1 amide bonds. The highest BCUT2D eigenvalue weighted by Gasteiger charge is 2.60. The van der Waals surface area contributed by atoms with Crippen molar-refractivity contribution in [1.82, 2.24) is 9.88 Å². The maximum atomic E-state index is 14.6. The summed E-state index contributed by atoms with van der Waals surface area (Å²) < 4.78 is 5.71. The largest absolute Gasteiger partial charge is 0.379 e. The Kier molecular flexibility index (Phi) is 6.44. The number of hydrogen-bond donors (Lipinski definition) is 1. The Bertz CT molecular complexity index is 1810. The van der Waals surface area contributed by atoms with Crippen LogP contribution < -0.4 is 15.8 Å². The molecule has 1 aliphatic heterocycles. The molecule has 2 unspecified atom stereocenters. The van der Waals surface area contributed by atoms with Gasteiger partial charge in [0.2, 0.25) is 5.91 Å². The molecule has 218 valence electrons. The van der Waals surface area contributed by atoms with Crippen LogP contribution in [-0.2, 0) is 14.9 Å². The Morgan fingerprint density at radius 3 is 2.42 bits per heavy atom. The number of hydrogen-bond acceptors (Lipinski definition) is 5. The highest BCUT2D eigenvalue weighted by molar-refractivity contribution is 7.14. The topological polar surface area (TPSA) is 54.5 Å². The lowest BCUT2D eigenvalue weighted by atomic mass is 9.46. The maximum absolute atomic E-state index is 14.6. The monoisotopic (exact) mass is 587 g/mol. The molecule has 5 nitrogen and oxygen atoms in total. The molecule has 4 aliphatic carbocycles. The van der Waals surface area contributed by atoms with Crippen LogP contribution in [0, 0.1) is 11.3 Å². The summed E-state index contributed by atoms with van der Waals surface area (Å²) in [6.07, 6.45) is 4.08. The molecule has 2 heterocycles. The second-order valence-corrected chi connectivity index (χ2v) is 13.9. The van der Waals surface area contributed by atoms with Crippen LogP contribution in [0.4, 0.5) is 5.13 Å². The van der Waals surface area contributed by atoms with Gasteiger partial charge in [0.15, 0.2) is 5.13 Å². The normalized spacial score (nSPS) is 27.5. The number of anilines is 1. The molecule has 1 aromatic heterocycles. The van der Waals surface area contributed by atoms with Crippen LogP contribution in [0.15, 0.2) is 78.2 Å². The van der Waals surface area contributed by atoms with Crippen LogP contribution in [0.1, 0.15) is 60.6 Å². The third-order valence-electron chi connectivity index (χ3n) is 10.4. The van der Waals surface area contributed by atoms with Crippen LogP contribution >= 0.6 is 11.3 Å². The number of nitrogens with one attached hydrogen (secondary N) is 1. The fourth-order valence-corrected chi connectivity index (χ4v) is 9.26. The third-order valence-corrected chi connectivity index (χ3v) is 11.2. The molecular weight excluding hydrogens is 550 g/mol. The first kappa shape index (κ1) is 27.0. The Morgan fingerprint density at radius 2 is 1.67 bits per heavy atom. The summed E-state index contributed by atoms with van der Waals surface area (Å²) >= 11 is 1.53. The van der Waals surface area contributed by atoms with Crippen molar-refractivity contribution < 1.29 is 9.53 Å². The molecule has 6 heteroatoms. The first-order valence-corrected chi connectivity index (χ1v) is 16.4. The second kappa shape index (κ2) is 10.3. The van der Waals surface area contributed by atoms with Gasteiger partial charge in [0.1, 0.15) is 0 Å². The highest BCUT2D eigenvalue weighted by atomic mass is 32.1. The Morgan fingerprint density at radius 1 is 1.00 bits per heavy atom. The van der Waals surface area contributed by atoms with Crippen molar-refractivity contribution in [2.45, 2.75) is 38.0 Å². The van der Waals surface area contributed by atoms with Crippen molar-refractivity contribution in [1.29, 1.82) is 0 Å². The number of carbonyl (C=O) groups excluding carboxylic acids is 1. The van der Waals surface area contributed by atoms with Crippen LogP contribution in [0.25, 0.3) is 11.6 Å². The van der Waals surface area contributed by atoms with Crippen molar-refractivity contribution in [3.8, 4) is 0 Å². The minimum Gasteiger partial charge on any atom is -0.379 e. The van der Waals surface area contributed by atoms with Gasteiger partial charge in [-0.1, -0.05) is 85.8 Å². The summed E-state index contributed by atoms with van der Waals surface area (Å²) in [6.45, 7) is 8.68. The van der Waals surface area contributed by atoms with E-state index in [2.05, 4.69) is 108 Å². The predicted octanol–water partition coefficient (Wildman–Crippen LogP) is 5.27. The predicted molar refractivity (Wildman–Crippen MR) is 173 cm³/mol. The number of ether oxygens (including phenoxy) is 1. The van der Waals surface area contributed by atoms with Crippen LogP contribution in [-0.4, -0.2) is 48.6 Å². The smallest absolute Gasteiger partial charge is 0.233 e. The van der Waals surface area contributed by atoms with Crippen LogP contribution in [0.5, 0.6) is 0 Å². The Labute approximate surface area is 256 Å². The standard InChI is InChI=1S/C37H37N3O2S/c1-24-15-16-25-9-3-4-10-26(25)32(24)31-21-43-35(38-31)39-34(41)36(2)22-37(23-40-17-19-42-20-18-40)29-13-7-5-11-27(29)33(36)28-12-6-8-14-30(28)37/h3-14,16,21,24,33H,15,17-20,22-23H2,1-2H3,(H,38,39,41). The summed E-state index contributed by atoms with van der Waals surface area (Å²) in [5.41, 5.74) is 6.68. The summed E-state index contributed by atoms with van der Waals surface area (Å²) in [7, 11) is 0. The minimum absolute atomic E-state index is 0.0129. The summed E-state index contributed by atoms with van der Waals surface area (Å²) in [5, 5.41) is 8.64. The number of thiazole rings is 1. The van der Waals surface area contributed by atoms with E-state index in [4.69, 9.17) is 9.72 Å². The van der Waals surface area contributed by atoms with E-state index >= 15 is 0 Å². The highest BCUT2D eigenvalue weighted by Crippen LogP contribution is 2.64. The average molecular weight is 588 g/mol. The van der Waals surface area contributed by atoms with Crippen molar-refractivity contribution in [2.75, 3.05) is 38.2 Å². The molecule has 5 aliphatic rings. The Hall–Kier alpha value is -3.58. The fourth-order valence-electron chi connectivity index (χ4n) is 8.56. The number of benzene rings is 3. The van der Waals surface area contributed by atoms with Crippen molar-refractivity contribution >= 4 is 34.0 Å². The van der Waals surface area contributed by atoms with Crippen LogP contribution in [0.2, 0.25) is 0 Å². The summed E-state index contributed by atoms with van der Waals surface area (Å²) in [5.74, 6) is 0.422. The molecule has 0 spiro atoms. The Balaban J connectivity index is 1.19. The number of carbonyl (C=O) groups is 1. The first-order chi connectivity index (χ1) is 21.0. The molecule has 3 aromatic carbocycles. The lowest BCUT2D eigenvalue weighted by Gasteiger charge is -2.58. The molecular formula is C37H37N3O2S. The van der Waals surface area contributed by atoms with Crippen LogP contribution in [0.3, 0.4) is 0 Å². The van der Waals surface area contributed by atoms with Gasteiger partial charge in [0.05, 0.1) is 24.3 Å². The number of nitrogens with zero attached hydrogens (tertiary/aromatic N) is 2. The van der Waals surface area contributed by atoms with Gasteiger partial charge in [0.25, 0.3) is 0 Å². The summed E-state index contributed by atoms with van der Waals surface area (Å²) in [4.78, 5) is 22.1. The zero-order chi connectivity index (χ0) is 29.2.